The minimum atomic E-state index is -3.44. The van der Waals surface area contributed by atoms with Gasteiger partial charge < -0.3 is 5.32 Å². The average molecular weight is 417 g/mol. The lowest BCUT2D eigenvalue weighted by atomic mass is 10.0. The van der Waals surface area contributed by atoms with E-state index in [0.29, 0.717) is 25.0 Å². The van der Waals surface area contributed by atoms with Crippen molar-refractivity contribution in [2.45, 2.75) is 50.0 Å². The van der Waals surface area contributed by atoms with Crippen LogP contribution in [0.5, 0.6) is 0 Å². The fourth-order valence-electron chi connectivity index (χ4n) is 4.03. The normalized spacial score (nSPS) is 29.4. The van der Waals surface area contributed by atoms with Crippen molar-refractivity contribution in [3.8, 4) is 0 Å². The van der Waals surface area contributed by atoms with E-state index in [-0.39, 0.29) is 36.9 Å². The molecule has 28 heavy (non-hydrogen) atoms. The highest BCUT2D eigenvalue weighted by molar-refractivity contribution is 7.88. The smallest absolute Gasteiger partial charge is 0.241 e. The standard InChI is InChI=1S/C17H22F3N5O2S/c1-28(26,27)24-5-4-14(13(20)9-24)22-17-21-8-16-12(19)7-15(25(16)23-17)10-2-3-11(18)6-10/h7-8,10-11,13-14H,2-6,9H2,1H3,(H,22,23)/t10-,11+,13+,14+/m0/s1. The minimum Gasteiger partial charge on any atom is -0.347 e. The third-order valence-corrected chi connectivity index (χ3v) is 6.84. The van der Waals surface area contributed by atoms with Gasteiger partial charge in [0, 0.05) is 24.7 Å². The van der Waals surface area contributed by atoms with Crippen molar-refractivity contribution in [1.82, 2.24) is 18.9 Å². The van der Waals surface area contributed by atoms with E-state index in [4.69, 9.17) is 0 Å². The Morgan fingerprint density at radius 3 is 2.68 bits per heavy atom. The Morgan fingerprint density at radius 1 is 1.25 bits per heavy atom. The molecule has 7 nitrogen and oxygen atoms in total. The number of hydrogen-bond acceptors (Lipinski definition) is 5. The number of alkyl halides is 2. The third-order valence-electron chi connectivity index (χ3n) is 5.57. The maximum absolute atomic E-state index is 14.5. The van der Waals surface area contributed by atoms with Crippen LogP contribution in [-0.4, -0.2) is 65.1 Å². The molecule has 0 spiro atoms. The molecule has 0 unspecified atom stereocenters. The van der Waals surface area contributed by atoms with E-state index in [2.05, 4.69) is 15.4 Å². The summed E-state index contributed by atoms with van der Waals surface area (Å²) < 4.78 is 67.9. The van der Waals surface area contributed by atoms with Gasteiger partial charge in [0.15, 0.2) is 5.82 Å². The molecule has 2 aliphatic rings. The molecular weight excluding hydrogens is 395 g/mol. The van der Waals surface area contributed by atoms with Crippen molar-refractivity contribution in [2.24, 2.45) is 0 Å². The van der Waals surface area contributed by atoms with Crippen LogP contribution in [0.15, 0.2) is 12.3 Å². The molecule has 11 heteroatoms. The Labute approximate surface area is 161 Å². The molecule has 1 aliphatic carbocycles. The number of halogens is 3. The first-order valence-electron chi connectivity index (χ1n) is 9.26. The molecule has 4 atom stereocenters. The second kappa shape index (κ2) is 7.18. The summed E-state index contributed by atoms with van der Waals surface area (Å²) in [5.74, 6) is -0.477. The van der Waals surface area contributed by atoms with Gasteiger partial charge in [0.25, 0.3) is 0 Å². The van der Waals surface area contributed by atoms with Gasteiger partial charge in [-0.05, 0) is 31.7 Å². The number of piperidine rings is 1. The van der Waals surface area contributed by atoms with Crippen molar-refractivity contribution in [3.63, 3.8) is 0 Å². The molecule has 2 fully saturated rings. The second-order valence-electron chi connectivity index (χ2n) is 7.58. The van der Waals surface area contributed by atoms with Crippen molar-refractivity contribution < 1.29 is 21.6 Å². The highest BCUT2D eigenvalue weighted by Crippen LogP contribution is 2.37. The van der Waals surface area contributed by atoms with Crippen LogP contribution in [-0.2, 0) is 10.0 Å². The molecule has 4 rings (SSSR count). The highest BCUT2D eigenvalue weighted by Gasteiger charge is 2.34. The van der Waals surface area contributed by atoms with Crippen molar-refractivity contribution in [2.75, 3.05) is 24.7 Å². The van der Waals surface area contributed by atoms with Crippen LogP contribution in [0.3, 0.4) is 0 Å². The lowest BCUT2D eigenvalue weighted by Crippen LogP contribution is -2.49. The molecular formula is C17H22F3N5O2S. The largest absolute Gasteiger partial charge is 0.347 e. The summed E-state index contributed by atoms with van der Waals surface area (Å²) in [5, 5.41) is 7.19. The monoisotopic (exact) mass is 417 g/mol. The summed E-state index contributed by atoms with van der Waals surface area (Å²) in [7, 11) is -3.44. The quantitative estimate of drug-likeness (QED) is 0.826. The van der Waals surface area contributed by atoms with E-state index >= 15 is 0 Å². The molecule has 1 saturated carbocycles. The van der Waals surface area contributed by atoms with Crippen molar-refractivity contribution >= 4 is 21.5 Å². The molecule has 2 aromatic rings. The second-order valence-corrected chi connectivity index (χ2v) is 9.56. The zero-order valence-electron chi connectivity index (χ0n) is 15.4. The average Bonchev–Trinajstić information content (AvgIpc) is 3.19. The number of anilines is 1. The van der Waals surface area contributed by atoms with Gasteiger partial charge >= 0.3 is 0 Å². The summed E-state index contributed by atoms with van der Waals surface area (Å²) >= 11 is 0. The van der Waals surface area contributed by atoms with E-state index in [1.807, 2.05) is 0 Å². The predicted octanol–water partition coefficient (Wildman–Crippen LogP) is 2.26. The molecule has 154 valence electrons. The SMILES string of the molecule is CS(=O)(=O)N1CC[C@@H](Nc2ncc3c(F)cc([C@H]4CC[C@@H](F)C4)n3n2)[C@H](F)C1. The first-order valence-corrected chi connectivity index (χ1v) is 11.1. The van der Waals surface area contributed by atoms with E-state index in [0.717, 1.165) is 10.6 Å². The first-order chi connectivity index (χ1) is 13.2. The molecule has 2 aromatic heterocycles. The van der Waals surface area contributed by atoms with Gasteiger partial charge in [0.2, 0.25) is 16.0 Å². The van der Waals surface area contributed by atoms with Crippen LogP contribution in [0.1, 0.15) is 37.3 Å². The summed E-state index contributed by atoms with van der Waals surface area (Å²) in [6.07, 6.45) is 1.70. The van der Waals surface area contributed by atoms with Crippen LogP contribution in [0, 0.1) is 5.82 Å². The van der Waals surface area contributed by atoms with Crippen molar-refractivity contribution in [1.29, 1.82) is 0 Å². The Hall–Kier alpha value is -1.88. The lowest BCUT2D eigenvalue weighted by Gasteiger charge is -2.33. The number of hydrogen-bond donors (Lipinski definition) is 1. The van der Waals surface area contributed by atoms with Crippen LogP contribution in [0.25, 0.3) is 5.52 Å². The zero-order chi connectivity index (χ0) is 20.1. The Kier molecular flexibility index (Phi) is 4.98. The maximum atomic E-state index is 14.5. The number of aromatic nitrogens is 3. The van der Waals surface area contributed by atoms with Crippen LogP contribution < -0.4 is 5.32 Å². The number of rotatable bonds is 4. The number of fused-ring (bicyclic) bond motifs is 1. The summed E-state index contributed by atoms with van der Waals surface area (Å²) in [6.45, 7) is -0.0371. The van der Waals surface area contributed by atoms with E-state index in [1.165, 1.54) is 16.8 Å². The molecule has 0 aromatic carbocycles. The van der Waals surface area contributed by atoms with Crippen LogP contribution in [0.4, 0.5) is 19.1 Å². The number of nitrogens with zero attached hydrogens (tertiary/aromatic N) is 4. The fourth-order valence-corrected chi connectivity index (χ4v) is 4.88. The molecule has 1 saturated heterocycles. The van der Waals surface area contributed by atoms with Gasteiger partial charge in [-0.2, -0.15) is 4.31 Å². The Bertz CT molecular complexity index is 983. The van der Waals surface area contributed by atoms with Gasteiger partial charge in [-0.3, -0.25) is 0 Å². The van der Waals surface area contributed by atoms with E-state index < -0.39 is 34.2 Å². The third kappa shape index (κ3) is 3.69. The summed E-state index contributed by atoms with van der Waals surface area (Å²) in [4.78, 5) is 4.06. The van der Waals surface area contributed by atoms with Crippen molar-refractivity contribution in [3.05, 3.63) is 23.8 Å². The Balaban J connectivity index is 1.55. The predicted molar refractivity (Wildman–Crippen MR) is 97.8 cm³/mol. The molecule has 0 amide bonds. The molecule has 1 N–H and O–H groups in total. The number of nitrogens with one attached hydrogen (secondary N) is 1. The van der Waals surface area contributed by atoms with Gasteiger partial charge in [-0.25, -0.2) is 31.1 Å². The van der Waals surface area contributed by atoms with Gasteiger partial charge in [0.1, 0.15) is 17.9 Å². The first kappa shape index (κ1) is 19.4. The Morgan fingerprint density at radius 2 is 2.04 bits per heavy atom. The van der Waals surface area contributed by atoms with Crippen LogP contribution >= 0.6 is 0 Å². The molecule has 0 radical (unpaired) electrons. The van der Waals surface area contributed by atoms with Gasteiger partial charge in [-0.1, -0.05) is 0 Å². The zero-order valence-corrected chi connectivity index (χ0v) is 16.2. The lowest BCUT2D eigenvalue weighted by molar-refractivity contribution is 0.186. The van der Waals surface area contributed by atoms with E-state index in [9.17, 15) is 21.6 Å². The number of sulfonamides is 1. The van der Waals surface area contributed by atoms with E-state index in [1.54, 1.807) is 0 Å². The minimum absolute atomic E-state index is 0.123. The summed E-state index contributed by atoms with van der Waals surface area (Å²) in [6, 6.07) is 0.708. The topological polar surface area (TPSA) is 79.6 Å². The van der Waals surface area contributed by atoms with Gasteiger partial charge in [-0.15, -0.1) is 5.10 Å². The van der Waals surface area contributed by atoms with Gasteiger partial charge in [0.05, 0.1) is 18.5 Å². The highest BCUT2D eigenvalue weighted by atomic mass is 32.2. The molecule has 3 heterocycles. The maximum Gasteiger partial charge on any atom is 0.241 e. The molecule has 0 bridgehead atoms. The summed E-state index contributed by atoms with van der Waals surface area (Å²) in [5.41, 5.74) is 0.772. The molecule has 1 aliphatic heterocycles. The van der Waals surface area contributed by atoms with Crippen LogP contribution in [0.2, 0.25) is 0 Å². The fraction of sp³-hybridized carbons (Fsp3) is 0.647.